The molecule has 4 aliphatic heterocycles. The van der Waals surface area contributed by atoms with Crippen molar-refractivity contribution in [1.29, 1.82) is 0 Å². The van der Waals surface area contributed by atoms with Crippen LogP contribution < -0.4 is 0 Å². The van der Waals surface area contributed by atoms with E-state index in [-0.39, 0.29) is 11.7 Å². The molecule has 10 heteroatoms. The summed E-state index contributed by atoms with van der Waals surface area (Å²) in [6.45, 7) is 7.89. The van der Waals surface area contributed by atoms with Gasteiger partial charge in [0.15, 0.2) is 17.5 Å². The second kappa shape index (κ2) is 8.97. The normalized spacial score (nSPS) is 41.4. The maximum atomic E-state index is 6.64. The lowest BCUT2D eigenvalue weighted by Gasteiger charge is -2.60. The molecule has 7 rings (SSSR count). The van der Waals surface area contributed by atoms with E-state index < -0.39 is 11.4 Å². The molecular weight excluding hydrogens is 456 g/mol. The maximum absolute atomic E-state index is 6.64. The number of hydrogen-bond acceptors (Lipinski definition) is 9. The average molecular weight is 491 g/mol. The standard InChI is InChI=1S/C24H34N4O5S/c1-15-5-7-19-16(2)21(30-22-24(19)18(15)9-10-23(3,31-22)32-33-24)34-12-4-11-29-14-17-6-8-20-25-26-27-28(20)13-17/h6,8,13,15-16,18-19,21-22H,4-5,7,9-12,14H2,1-3H3/t15-,16-,18+,19+,21+,22-,23-,24-/m1/s1. The lowest BCUT2D eigenvalue weighted by molar-refractivity contribution is -0.568. The fourth-order valence-electron chi connectivity index (χ4n) is 6.48. The summed E-state index contributed by atoms with van der Waals surface area (Å²) in [7, 11) is 0. The first kappa shape index (κ1) is 23.1. The summed E-state index contributed by atoms with van der Waals surface area (Å²) in [6.07, 6.45) is 6.78. The summed E-state index contributed by atoms with van der Waals surface area (Å²) < 4.78 is 20.7. The highest BCUT2D eigenvalue weighted by Crippen LogP contribution is 2.61. The first-order valence-electron chi connectivity index (χ1n) is 12.5. The molecule has 0 unspecified atom stereocenters. The van der Waals surface area contributed by atoms with Gasteiger partial charge in [-0.3, -0.25) is 0 Å². The zero-order chi connectivity index (χ0) is 23.3. The molecule has 34 heavy (non-hydrogen) atoms. The lowest BCUT2D eigenvalue weighted by Crippen LogP contribution is -2.70. The first-order chi connectivity index (χ1) is 16.5. The van der Waals surface area contributed by atoms with Crippen LogP contribution in [0.5, 0.6) is 0 Å². The maximum Gasteiger partial charge on any atom is 0.201 e. The molecule has 1 spiro atoms. The zero-order valence-corrected chi connectivity index (χ0v) is 20.9. The van der Waals surface area contributed by atoms with Crippen molar-refractivity contribution in [2.45, 2.75) is 82.6 Å². The lowest BCUT2D eigenvalue weighted by atomic mass is 9.58. The molecule has 6 heterocycles. The van der Waals surface area contributed by atoms with Crippen molar-refractivity contribution in [1.82, 2.24) is 20.0 Å². The topological polar surface area (TPSA) is 89.2 Å². The fourth-order valence-corrected chi connectivity index (χ4v) is 7.67. The van der Waals surface area contributed by atoms with Crippen molar-refractivity contribution in [3.05, 3.63) is 23.9 Å². The van der Waals surface area contributed by atoms with Gasteiger partial charge in [0, 0.05) is 25.1 Å². The van der Waals surface area contributed by atoms with Crippen LogP contribution in [0.3, 0.4) is 0 Å². The Morgan fingerprint density at radius 2 is 2.09 bits per heavy atom. The van der Waals surface area contributed by atoms with Crippen LogP contribution in [0.25, 0.3) is 5.65 Å². The minimum absolute atomic E-state index is 0.0865. The van der Waals surface area contributed by atoms with Gasteiger partial charge in [-0.1, -0.05) is 19.9 Å². The summed E-state index contributed by atoms with van der Waals surface area (Å²) in [5.74, 6) is 2.01. The Hall–Kier alpha value is -1.30. The molecule has 0 aromatic carbocycles. The smallest absolute Gasteiger partial charge is 0.201 e. The number of nitrogens with zero attached hydrogens (tertiary/aromatic N) is 4. The number of hydrogen-bond donors (Lipinski definition) is 0. The third-order valence-electron chi connectivity index (χ3n) is 8.33. The van der Waals surface area contributed by atoms with Gasteiger partial charge in [-0.15, -0.1) is 16.9 Å². The summed E-state index contributed by atoms with van der Waals surface area (Å²) >= 11 is 1.88. The highest BCUT2D eigenvalue weighted by Gasteiger charge is 2.69. The van der Waals surface area contributed by atoms with Gasteiger partial charge < -0.3 is 14.2 Å². The molecule has 2 aromatic heterocycles. The second-order valence-corrected chi connectivity index (χ2v) is 11.8. The highest BCUT2D eigenvalue weighted by molar-refractivity contribution is 7.99. The quantitative estimate of drug-likeness (QED) is 0.422. The Bertz CT molecular complexity index is 1020. The minimum Gasteiger partial charge on any atom is -0.377 e. The first-order valence-corrected chi connectivity index (χ1v) is 13.6. The van der Waals surface area contributed by atoms with Crippen LogP contribution in [-0.2, 0) is 30.6 Å². The third-order valence-corrected chi connectivity index (χ3v) is 9.73. The monoisotopic (exact) mass is 490 g/mol. The van der Waals surface area contributed by atoms with Gasteiger partial charge in [0.1, 0.15) is 5.44 Å². The molecule has 2 bridgehead atoms. The van der Waals surface area contributed by atoms with Gasteiger partial charge in [0.05, 0.1) is 6.61 Å². The number of tetrazole rings is 1. The summed E-state index contributed by atoms with van der Waals surface area (Å²) in [5.41, 5.74) is 1.40. The fraction of sp³-hybridized carbons (Fsp3) is 0.792. The van der Waals surface area contributed by atoms with Crippen molar-refractivity contribution in [2.24, 2.45) is 23.7 Å². The largest absolute Gasteiger partial charge is 0.377 e. The van der Waals surface area contributed by atoms with Gasteiger partial charge in [-0.05, 0) is 78.2 Å². The molecule has 1 saturated carbocycles. The summed E-state index contributed by atoms with van der Waals surface area (Å²) in [4.78, 5) is 12.1. The second-order valence-electron chi connectivity index (χ2n) is 10.6. The number of rotatable bonds is 7. The Balaban J connectivity index is 1.04. The number of fused-ring (bicyclic) bond motifs is 3. The molecule has 0 radical (unpaired) electrons. The zero-order valence-electron chi connectivity index (χ0n) is 20.1. The predicted molar refractivity (Wildman–Crippen MR) is 124 cm³/mol. The minimum atomic E-state index is -0.716. The number of ether oxygens (including phenoxy) is 3. The Morgan fingerprint density at radius 3 is 3.00 bits per heavy atom. The van der Waals surface area contributed by atoms with E-state index in [1.54, 1.807) is 4.52 Å². The Morgan fingerprint density at radius 1 is 1.18 bits per heavy atom. The number of thioether (sulfide) groups is 1. The van der Waals surface area contributed by atoms with Crippen molar-refractivity contribution in [3.8, 4) is 0 Å². The summed E-state index contributed by atoms with van der Waals surface area (Å²) in [6, 6.07) is 3.90. The average Bonchev–Trinajstić information content (AvgIpc) is 3.18. The van der Waals surface area contributed by atoms with Gasteiger partial charge in [0.25, 0.3) is 0 Å². The third kappa shape index (κ3) is 3.87. The highest BCUT2D eigenvalue weighted by atomic mass is 32.2. The molecule has 5 aliphatic rings. The molecule has 8 atom stereocenters. The van der Waals surface area contributed by atoms with Crippen molar-refractivity contribution < 1.29 is 24.0 Å². The van der Waals surface area contributed by atoms with E-state index in [1.807, 2.05) is 37.0 Å². The van der Waals surface area contributed by atoms with Crippen LogP contribution in [-0.4, -0.2) is 55.5 Å². The molecule has 2 aromatic rings. The SMILES string of the molecule is C[C@H]1[C@H](SCCCOCc2ccc3nnnn3c2)O[C@@H]2O[C@@]3(C)CC[C@H]4[C@H](C)CC[C@@H]1[C@@]24OO3. The van der Waals surface area contributed by atoms with Crippen molar-refractivity contribution in [3.63, 3.8) is 0 Å². The van der Waals surface area contributed by atoms with E-state index in [4.69, 9.17) is 24.0 Å². The number of aromatic nitrogens is 4. The van der Waals surface area contributed by atoms with Crippen LogP contribution in [0, 0.1) is 23.7 Å². The van der Waals surface area contributed by atoms with E-state index in [2.05, 4.69) is 29.4 Å². The van der Waals surface area contributed by atoms with Gasteiger partial charge in [0.2, 0.25) is 5.79 Å². The van der Waals surface area contributed by atoms with Gasteiger partial charge in [-0.2, -0.15) is 0 Å². The molecule has 4 saturated heterocycles. The Labute approximate surface area is 204 Å². The summed E-state index contributed by atoms with van der Waals surface area (Å²) in [5, 5.41) is 11.5. The van der Waals surface area contributed by atoms with E-state index >= 15 is 0 Å². The van der Waals surface area contributed by atoms with Crippen LogP contribution in [0.2, 0.25) is 0 Å². The number of pyridine rings is 1. The van der Waals surface area contributed by atoms with Gasteiger partial charge >= 0.3 is 0 Å². The van der Waals surface area contributed by atoms with E-state index in [9.17, 15) is 0 Å². The van der Waals surface area contributed by atoms with Crippen LogP contribution in [0.4, 0.5) is 0 Å². The molecular formula is C24H34N4O5S. The van der Waals surface area contributed by atoms with Gasteiger partial charge in [-0.25, -0.2) is 14.3 Å². The molecule has 186 valence electrons. The van der Waals surface area contributed by atoms with Crippen LogP contribution >= 0.6 is 11.8 Å². The Kier molecular flexibility index (Phi) is 6.10. The van der Waals surface area contributed by atoms with Crippen molar-refractivity contribution >= 4 is 17.4 Å². The van der Waals surface area contributed by atoms with Crippen LogP contribution in [0.15, 0.2) is 18.3 Å². The predicted octanol–water partition coefficient (Wildman–Crippen LogP) is 3.97. The molecule has 9 nitrogen and oxygen atoms in total. The van der Waals surface area contributed by atoms with E-state index in [0.29, 0.717) is 36.9 Å². The van der Waals surface area contributed by atoms with Crippen LogP contribution in [0.1, 0.15) is 58.4 Å². The van der Waals surface area contributed by atoms with E-state index in [1.165, 1.54) is 6.42 Å². The molecule has 5 fully saturated rings. The molecule has 0 N–H and O–H groups in total. The molecule has 1 aliphatic carbocycles. The van der Waals surface area contributed by atoms with Crippen molar-refractivity contribution in [2.75, 3.05) is 12.4 Å². The molecule has 0 amide bonds. The van der Waals surface area contributed by atoms with E-state index in [0.717, 1.165) is 42.6 Å².